The Balaban J connectivity index is 1.75. The monoisotopic (exact) mass is 421 g/mol. The van der Waals surface area contributed by atoms with Crippen LogP contribution in [0, 0.1) is 17.2 Å². The van der Waals surface area contributed by atoms with E-state index in [0.717, 1.165) is 32.2 Å². The molecule has 0 bridgehead atoms. The molecule has 2 aliphatic heterocycles. The number of amides is 1. The van der Waals surface area contributed by atoms with E-state index < -0.39 is 17.7 Å². The molecular weight excluding hydrogens is 394 g/mol. The van der Waals surface area contributed by atoms with E-state index in [0.29, 0.717) is 29.4 Å². The van der Waals surface area contributed by atoms with E-state index >= 15 is 0 Å². The molecule has 0 saturated carbocycles. The molecule has 162 valence electrons. The van der Waals surface area contributed by atoms with Crippen molar-refractivity contribution in [2.24, 2.45) is 5.92 Å². The summed E-state index contributed by atoms with van der Waals surface area (Å²) in [4.78, 5) is 35.5. The van der Waals surface area contributed by atoms with Gasteiger partial charge in [-0.15, -0.1) is 0 Å². The number of piperidine rings is 1. The Labute approximate surface area is 181 Å². The predicted molar refractivity (Wildman–Crippen MR) is 117 cm³/mol. The number of nitrogens with one attached hydrogen (secondary N) is 2. The molecule has 1 amide bonds. The number of H-pyrrole nitrogens is 1. The molecule has 4 rings (SSSR count). The number of anilines is 2. The zero-order valence-corrected chi connectivity index (χ0v) is 17.9. The van der Waals surface area contributed by atoms with Crippen molar-refractivity contribution in [3.63, 3.8) is 0 Å². The fraction of sp³-hybridized carbons (Fsp3) is 0.478. The topological polar surface area (TPSA) is 111 Å². The van der Waals surface area contributed by atoms with Crippen molar-refractivity contribution in [2.45, 2.75) is 51.5 Å². The Morgan fingerprint density at radius 2 is 2.03 bits per heavy atom. The lowest BCUT2D eigenvalue weighted by atomic mass is 9.79. The Morgan fingerprint density at radius 3 is 2.71 bits per heavy atom. The van der Waals surface area contributed by atoms with Gasteiger partial charge in [-0.1, -0.05) is 19.1 Å². The molecular formula is C23H27N5O3. The molecule has 0 aliphatic carbocycles. The van der Waals surface area contributed by atoms with Gasteiger partial charge in [0.15, 0.2) is 0 Å². The van der Waals surface area contributed by atoms with Crippen molar-refractivity contribution in [3.8, 4) is 11.8 Å². The quantitative estimate of drug-likeness (QED) is 0.767. The van der Waals surface area contributed by atoms with Crippen LogP contribution in [-0.4, -0.2) is 35.1 Å². The fourth-order valence-corrected chi connectivity index (χ4v) is 4.40. The molecule has 31 heavy (non-hydrogen) atoms. The number of carbonyl (C=O) groups excluding carboxylic acids is 1. The normalized spacial score (nSPS) is 22.9. The van der Waals surface area contributed by atoms with E-state index in [1.165, 1.54) is 0 Å². The molecule has 2 aliphatic rings. The molecule has 0 radical (unpaired) electrons. The number of hydrogen-bond donors (Lipinski definition) is 2. The second kappa shape index (κ2) is 8.80. The lowest BCUT2D eigenvalue weighted by Crippen LogP contribution is -2.42. The average Bonchev–Trinajstić information content (AvgIpc) is 2.77. The summed E-state index contributed by atoms with van der Waals surface area (Å²) in [6, 6.07) is 9.55. The summed E-state index contributed by atoms with van der Waals surface area (Å²) in [5.74, 6) is -0.739. The molecule has 8 heteroatoms. The number of hydrogen-bond acceptors (Lipinski definition) is 6. The van der Waals surface area contributed by atoms with Gasteiger partial charge in [0.1, 0.15) is 17.5 Å². The van der Waals surface area contributed by atoms with Crippen LogP contribution in [0.25, 0.3) is 0 Å². The number of benzene rings is 1. The minimum absolute atomic E-state index is 0.240. The third kappa shape index (κ3) is 4.00. The second-order valence-corrected chi connectivity index (χ2v) is 8.18. The van der Waals surface area contributed by atoms with E-state index in [9.17, 15) is 14.9 Å². The number of carbonyl (C=O) groups is 1. The Kier molecular flexibility index (Phi) is 5.94. The minimum Gasteiger partial charge on any atom is -0.494 e. The number of aromatic nitrogens is 2. The number of nitriles is 1. The maximum atomic E-state index is 13.2. The standard InChI is InChI=1S/C23H27N5O3/c1-3-12-31-16-9-7-15(8-10-16)18-17(13-24)21(29)25-20-19(18)22(30)27-23(26-20)28-11-5-4-6-14(28)2/h7-10,14,17-18H,3-6,11-12H2,1-2H3,(H2,25,26,27,29,30). The number of fused-ring (bicyclic) bond motifs is 1. The molecule has 0 spiro atoms. The highest BCUT2D eigenvalue weighted by molar-refractivity contribution is 5.98. The number of ether oxygens (including phenoxy) is 1. The SMILES string of the molecule is CCCOc1ccc(C2c3c(nc(N4CCCCC4C)[nH]c3=O)NC(=O)C2C#N)cc1. The Morgan fingerprint density at radius 1 is 1.26 bits per heavy atom. The summed E-state index contributed by atoms with van der Waals surface area (Å²) in [5, 5.41) is 12.4. The van der Waals surface area contributed by atoms with Crippen LogP contribution in [0.2, 0.25) is 0 Å². The molecule has 1 aromatic carbocycles. The molecule has 3 unspecified atom stereocenters. The Hall–Kier alpha value is -3.34. The van der Waals surface area contributed by atoms with Gasteiger partial charge >= 0.3 is 0 Å². The van der Waals surface area contributed by atoms with Crippen LogP contribution in [0.15, 0.2) is 29.1 Å². The maximum Gasteiger partial charge on any atom is 0.258 e. The first kappa shape index (κ1) is 20.9. The van der Waals surface area contributed by atoms with E-state index in [2.05, 4.69) is 33.2 Å². The third-order valence-electron chi connectivity index (χ3n) is 6.04. The van der Waals surface area contributed by atoms with Gasteiger partial charge in [-0.2, -0.15) is 10.2 Å². The summed E-state index contributed by atoms with van der Waals surface area (Å²) in [5.41, 5.74) is 0.703. The van der Waals surface area contributed by atoms with Crippen LogP contribution in [0.3, 0.4) is 0 Å². The van der Waals surface area contributed by atoms with Crippen LogP contribution >= 0.6 is 0 Å². The van der Waals surface area contributed by atoms with Crippen LogP contribution in [-0.2, 0) is 4.79 Å². The molecule has 1 aromatic heterocycles. The number of rotatable bonds is 5. The summed E-state index contributed by atoms with van der Waals surface area (Å²) in [6.07, 6.45) is 4.10. The van der Waals surface area contributed by atoms with Gasteiger partial charge in [0.25, 0.3) is 5.56 Å². The van der Waals surface area contributed by atoms with Crippen molar-refractivity contribution in [1.82, 2.24) is 9.97 Å². The summed E-state index contributed by atoms with van der Waals surface area (Å²) in [7, 11) is 0. The summed E-state index contributed by atoms with van der Waals surface area (Å²) < 4.78 is 5.63. The van der Waals surface area contributed by atoms with Crippen molar-refractivity contribution in [1.29, 1.82) is 5.26 Å². The van der Waals surface area contributed by atoms with Crippen LogP contribution in [0.4, 0.5) is 11.8 Å². The van der Waals surface area contributed by atoms with Gasteiger partial charge in [0.2, 0.25) is 11.9 Å². The predicted octanol–water partition coefficient (Wildman–Crippen LogP) is 3.16. The Bertz CT molecular complexity index is 1060. The molecule has 3 heterocycles. The first-order valence-corrected chi connectivity index (χ1v) is 10.9. The van der Waals surface area contributed by atoms with Crippen LogP contribution < -0.4 is 20.5 Å². The minimum atomic E-state index is -1.02. The highest BCUT2D eigenvalue weighted by Gasteiger charge is 2.40. The molecule has 3 atom stereocenters. The highest BCUT2D eigenvalue weighted by Crippen LogP contribution is 2.39. The van der Waals surface area contributed by atoms with Gasteiger partial charge in [-0.05, 0) is 50.3 Å². The van der Waals surface area contributed by atoms with Crippen molar-refractivity contribution < 1.29 is 9.53 Å². The second-order valence-electron chi connectivity index (χ2n) is 8.18. The van der Waals surface area contributed by atoms with E-state index in [1.807, 2.05) is 19.1 Å². The molecule has 2 aromatic rings. The molecule has 1 saturated heterocycles. The lowest BCUT2D eigenvalue weighted by molar-refractivity contribution is -0.119. The van der Waals surface area contributed by atoms with Crippen molar-refractivity contribution in [3.05, 3.63) is 45.7 Å². The van der Waals surface area contributed by atoms with E-state index in [1.54, 1.807) is 12.1 Å². The van der Waals surface area contributed by atoms with Crippen LogP contribution in [0.5, 0.6) is 5.75 Å². The van der Waals surface area contributed by atoms with Gasteiger partial charge in [0, 0.05) is 18.5 Å². The van der Waals surface area contributed by atoms with Gasteiger partial charge in [0.05, 0.1) is 18.2 Å². The largest absolute Gasteiger partial charge is 0.494 e. The number of nitrogens with zero attached hydrogens (tertiary/aromatic N) is 3. The summed E-state index contributed by atoms with van der Waals surface area (Å²) in [6.45, 7) is 5.55. The van der Waals surface area contributed by atoms with Gasteiger partial charge in [-0.3, -0.25) is 14.6 Å². The zero-order valence-electron chi connectivity index (χ0n) is 17.9. The van der Waals surface area contributed by atoms with Crippen molar-refractivity contribution >= 4 is 17.7 Å². The molecule has 1 fully saturated rings. The maximum absolute atomic E-state index is 13.2. The van der Waals surface area contributed by atoms with Crippen molar-refractivity contribution in [2.75, 3.05) is 23.4 Å². The first-order chi connectivity index (χ1) is 15.0. The smallest absolute Gasteiger partial charge is 0.258 e. The third-order valence-corrected chi connectivity index (χ3v) is 6.04. The van der Waals surface area contributed by atoms with Gasteiger partial charge < -0.3 is 15.0 Å². The van der Waals surface area contributed by atoms with Gasteiger partial charge in [-0.25, -0.2) is 0 Å². The molecule has 2 N–H and O–H groups in total. The van der Waals surface area contributed by atoms with Crippen LogP contribution in [0.1, 0.15) is 56.6 Å². The average molecular weight is 422 g/mol. The van der Waals surface area contributed by atoms with E-state index in [-0.39, 0.29) is 17.4 Å². The number of aromatic amines is 1. The lowest BCUT2D eigenvalue weighted by Gasteiger charge is -2.35. The van der Waals surface area contributed by atoms with E-state index in [4.69, 9.17) is 4.74 Å². The fourth-order valence-electron chi connectivity index (χ4n) is 4.40. The molecule has 8 nitrogen and oxygen atoms in total. The first-order valence-electron chi connectivity index (χ1n) is 10.9. The highest BCUT2D eigenvalue weighted by atomic mass is 16.5. The zero-order chi connectivity index (χ0) is 22.0. The summed E-state index contributed by atoms with van der Waals surface area (Å²) >= 11 is 0.